The zero-order valence-electron chi connectivity index (χ0n) is 25.4. The molecule has 3 aromatic heterocycles. The fourth-order valence-electron chi connectivity index (χ4n) is 4.18. The summed E-state index contributed by atoms with van der Waals surface area (Å²) in [7, 11) is 0. The summed E-state index contributed by atoms with van der Waals surface area (Å²) in [5.74, 6) is 3.21. The maximum Gasteiger partial charge on any atom is 0.213 e. The first-order valence-electron chi connectivity index (χ1n) is 13.7. The number of benzene rings is 3. The van der Waals surface area contributed by atoms with E-state index in [1.54, 1.807) is 13.8 Å². The molecule has 0 aliphatic heterocycles. The van der Waals surface area contributed by atoms with E-state index in [1.807, 2.05) is 37.3 Å². The highest BCUT2D eigenvalue weighted by Gasteiger charge is 2.07. The van der Waals surface area contributed by atoms with Crippen molar-refractivity contribution in [3.8, 4) is 22.3 Å². The van der Waals surface area contributed by atoms with Crippen molar-refractivity contribution in [1.29, 1.82) is 0 Å². The van der Waals surface area contributed by atoms with E-state index in [1.165, 1.54) is 43.1 Å². The van der Waals surface area contributed by atoms with Crippen LogP contribution in [0.5, 0.6) is 0 Å². The van der Waals surface area contributed by atoms with Gasteiger partial charge >= 0.3 is 0 Å². The minimum absolute atomic E-state index is 0.623. The Morgan fingerprint density at radius 2 is 0.854 bits per heavy atom. The van der Waals surface area contributed by atoms with E-state index in [9.17, 15) is 0 Å². The lowest BCUT2D eigenvalue weighted by atomic mass is 9.92. The second kappa shape index (κ2) is 15.5. The Morgan fingerprint density at radius 3 is 1.10 bits per heavy atom. The van der Waals surface area contributed by atoms with E-state index in [4.69, 9.17) is 8.83 Å². The van der Waals surface area contributed by atoms with Crippen LogP contribution in [0, 0.1) is 55.4 Å². The Bertz CT molecular complexity index is 1410. The van der Waals surface area contributed by atoms with Gasteiger partial charge in [0.15, 0.2) is 0 Å². The monoisotopic (exact) mass is 564 g/mol. The minimum atomic E-state index is 0.623. The van der Waals surface area contributed by atoms with Crippen molar-refractivity contribution in [1.82, 2.24) is 10.2 Å². The van der Waals surface area contributed by atoms with Gasteiger partial charge in [-0.25, -0.2) is 0 Å². The van der Waals surface area contributed by atoms with Gasteiger partial charge in [0.25, 0.3) is 0 Å². The zero-order chi connectivity index (χ0) is 29.8. The average Bonchev–Trinajstić information content (AvgIpc) is 3.67. The van der Waals surface area contributed by atoms with E-state index >= 15 is 0 Å². The molecule has 4 nitrogen and oxygen atoms in total. The normalized spacial score (nSPS) is 9.95. The van der Waals surface area contributed by atoms with Gasteiger partial charge in [0.2, 0.25) is 11.8 Å². The minimum Gasteiger partial charge on any atom is -0.467 e. The molecule has 0 fully saturated rings. The van der Waals surface area contributed by atoms with Crippen molar-refractivity contribution in [2.45, 2.75) is 55.4 Å². The summed E-state index contributed by atoms with van der Waals surface area (Å²) in [6.07, 6.45) is 0. The summed E-state index contributed by atoms with van der Waals surface area (Å²) in [5.41, 5.74) is 7.85. The molecular weight excluding hydrogens is 524 g/mol. The summed E-state index contributed by atoms with van der Waals surface area (Å²) >= 11 is 1.84. The Labute approximate surface area is 248 Å². The van der Waals surface area contributed by atoms with E-state index in [2.05, 4.69) is 123 Å². The summed E-state index contributed by atoms with van der Waals surface area (Å²) in [6, 6.07) is 34.0. The summed E-state index contributed by atoms with van der Waals surface area (Å²) < 4.78 is 9.94. The van der Waals surface area contributed by atoms with Crippen LogP contribution in [0.25, 0.3) is 22.3 Å². The number of aromatic nitrogens is 2. The molecule has 0 unspecified atom stereocenters. The van der Waals surface area contributed by atoms with Crippen LogP contribution in [0.3, 0.4) is 0 Å². The molecule has 6 aromatic rings. The number of hydrogen-bond acceptors (Lipinski definition) is 5. The molecule has 0 aliphatic rings. The predicted octanol–water partition coefficient (Wildman–Crippen LogP) is 10.6. The van der Waals surface area contributed by atoms with Crippen LogP contribution in [0.4, 0.5) is 0 Å². The van der Waals surface area contributed by atoms with Gasteiger partial charge < -0.3 is 8.83 Å². The van der Waals surface area contributed by atoms with Gasteiger partial charge in [-0.1, -0.05) is 72.8 Å². The number of furan rings is 1. The van der Waals surface area contributed by atoms with Crippen molar-refractivity contribution in [3.63, 3.8) is 0 Å². The molecule has 0 spiro atoms. The van der Waals surface area contributed by atoms with E-state index < -0.39 is 0 Å². The van der Waals surface area contributed by atoms with Gasteiger partial charge in [-0.3, -0.25) is 0 Å². The summed E-state index contributed by atoms with van der Waals surface area (Å²) in [5, 5.41) is 7.20. The largest absolute Gasteiger partial charge is 0.467 e. The fourth-order valence-corrected chi connectivity index (χ4v) is 4.96. The van der Waals surface area contributed by atoms with Crippen molar-refractivity contribution in [2.24, 2.45) is 0 Å². The van der Waals surface area contributed by atoms with E-state index in [0.717, 1.165) is 11.5 Å². The molecule has 0 amide bonds. The van der Waals surface area contributed by atoms with Crippen LogP contribution >= 0.6 is 11.3 Å². The number of rotatable bonds is 2. The molecule has 0 radical (unpaired) electrons. The molecule has 0 saturated carbocycles. The molecule has 0 N–H and O–H groups in total. The van der Waals surface area contributed by atoms with Gasteiger partial charge in [0, 0.05) is 23.6 Å². The lowest BCUT2D eigenvalue weighted by Crippen LogP contribution is -1.89. The van der Waals surface area contributed by atoms with E-state index in [0.29, 0.717) is 11.8 Å². The molecule has 0 aliphatic carbocycles. The molecule has 3 heterocycles. The van der Waals surface area contributed by atoms with Crippen molar-refractivity contribution < 1.29 is 8.83 Å². The molecule has 5 heteroatoms. The third-order valence-corrected chi connectivity index (χ3v) is 7.03. The molecule has 212 valence electrons. The Balaban J connectivity index is 0.000000179. The predicted molar refractivity (Wildman–Crippen MR) is 173 cm³/mol. The lowest BCUT2D eigenvalue weighted by molar-refractivity contribution is 0.489. The Hall–Kier alpha value is -4.22. The standard InChI is InChI=1S/C20H18.C6H8O.C6H8S.C4H6N2O/c1-15-13-20(18-11-7-4-8-12-18)16(2)14-19(15)17-9-5-3-6-10-17;2*1-5-3-4-6(2)7-5;1-3-5-6-4(2)7-3/h3-14H,1-2H3;2*3-4H,1-2H3;1-2H3. The number of hydrogen-bond donors (Lipinski definition) is 0. The van der Waals surface area contributed by atoms with Crippen LogP contribution in [-0.4, -0.2) is 10.2 Å². The smallest absolute Gasteiger partial charge is 0.213 e. The molecule has 41 heavy (non-hydrogen) atoms. The Morgan fingerprint density at radius 1 is 0.463 bits per heavy atom. The van der Waals surface area contributed by atoms with Crippen LogP contribution in [-0.2, 0) is 0 Å². The topological polar surface area (TPSA) is 52.1 Å². The van der Waals surface area contributed by atoms with Crippen LogP contribution in [0.2, 0.25) is 0 Å². The van der Waals surface area contributed by atoms with Gasteiger partial charge in [-0.05, 0) is 99.2 Å². The van der Waals surface area contributed by atoms with Crippen LogP contribution in [0.15, 0.2) is 106 Å². The molecule has 0 atom stereocenters. The number of nitrogens with zero attached hydrogens (tertiary/aromatic N) is 2. The summed E-state index contributed by atoms with van der Waals surface area (Å²) in [4.78, 5) is 2.80. The second-order valence-corrected chi connectivity index (χ2v) is 11.4. The first-order valence-corrected chi connectivity index (χ1v) is 14.5. The van der Waals surface area contributed by atoms with Crippen LogP contribution in [0.1, 0.15) is 44.2 Å². The highest BCUT2D eigenvalue weighted by Crippen LogP contribution is 2.31. The van der Waals surface area contributed by atoms with Gasteiger partial charge in [0.1, 0.15) is 11.5 Å². The van der Waals surface area contributed by atoms with Crippen LogP contribution < -0.4 is 0 Å². The number of aryl methyl sites for hydroxylation is 8. The Kier molecular flexibility index (Phi) is 11.9. The SMILES string of the molecule is Cc1cc(-c2ccccc2)c(C)cc1-c1ccccc1.Cc1ccc(C)o1.Cc1ccc(C)s1.Cc1nnc(C)o1. The maximum absolute atomic E-state index is 5.08. The van der Waals surface area contributed by atoms with Crippen molar-refractivity contribution in [3.05, 3.63) is 141 Å². The van der Waals surface area contributed by atoms with Gasteiger partial charge in [0.05, 0.1) is 0 Å². The van der Waals surface area contributed by atoms with Crippen molar-refractivity contribution >= 4 is 11.3 Å². The highest BCUT2D eigenvalue weighted by molar-refractivity contribution is 7.11. The maximum atomic E-state index is 5.08. The second-order valence-electron chi connectivity index (χ2n) is 9.87. The molecule has 0 bridgehead atoms. The molecule has 3 aromatic carbocycles. The summed E-state index contributed by atoms with van der Waals surface area (Å²) in [6.45, 7) is 16.0. The zero-order valence-corrected chi connectivity index (χ0v) is 26.2. The first-order chi connectivity index (χ1) is 19.6. The quantitative estimate of drug-likeness (QED) is 0.210. The molecular formula is C36H40N2O2S. The third-order valence-electron chi connectivity index (χ3n) is 6.12. The fraction of sp³-hybridized carbons (Fsp3) is 0.222. The number of thiophene rings is 1. The van der Waals surface area contributed by atoms with E-state index in [-0.39, 0.29) is 0 Å². The van der Waals surface area contributed by atoms with Gasteiger partial charge in [-0.2, -0.15) is 0 Å². The highest BCUT2D eigenvalue weighted by atomic mass is 32.1. The third kappa shape index (κ3) is 10.4. The molecule has 6 rings (SSSR count). The first kappa shape index (κ1) is 31.3. The average molecular weight is 565 g/mol. The van der Waals surface area contributed by atoms with Crippen molar-refractivity contribution in [2.75, 3.05) is 0 Å². The molecule has 0 saturated heterocycles. The van der Waals surface area contributed by atoms with Gasteiger partial charge in [-0.15, -0.1) is 21.5 Å². The lowest BCUT2D eigenvalue weighted by Gasteiger charge is -2.13.